The average molecular weight is 326 g/mol. The molecular formula is C13H12ClN3O5. The maximum Gasteiger partial charge on any atom is 0.313 e. The molecule has 0 spiro atoms. The quantitative estimate of drug-likeness (QED) is 0.667. The summed E-state index contributed by atoms with van der Waals surface area (Å²) in [7, 11) is 0. The largest absolute Gasteiger partial charge is 0.502 e. The summed E-state index contributed by atoms with van der Waals surface area (Å²) in [6.45, 7) is 0.0250. The summed E-state index contributed by atoms with van der Waals surface area (Å²) in [6.07, 6.45) is 1.84. The minimum Gasteiger partial charge on any atom is -0.502 e. The lowest BCUT2D eigenvalue weighted by molar-refractivity contribution is -0.385. The lowest BCUT2D eigenvalue weighted by Crippen LogP contribution is -2.32. The second kappa shape index (κ2) is 5.13. The number of aromatic hydroxyl groups is 1. The number of phenolic OH excluding ortho intramolecular Hbond substituents is 1. The van der Waals surface area contributed by atoms with Crippen LogP contribution >= 0.6 is 11.6 Å². The number of hydrogen-bond acceptors (Lipinski definition) is 5. The first-order chi connectivity index (χ1) is 10.4. The molecule has 1 aliphatic heterocycles. The molecule has 2 aliphatic rings. The molecule has 9 heteroatoms. The van der Waals surface area contributed by atoms with E-state index in [0.29, 0.717) is 0 Å². The second-order valence-electron chi connectivity index (χ2n) is 5.32. The van der Waals surface area contributed by atoms with Crippen LogP contribution in [0.25, 0.3) is 0 Å². The predicted molar refractivity (Wildman–Crippen MR) is 75.5 cm³/mol. The molecule has 1 saturated carbocycles. The van der Waals surface area contributed by atoms with E-state index in [2.05, 4.69) is 0 Å². The van der Waals surface area contributed by atoms with Gasteiger partial charge < -0.3 is 14.9 Å². The number of amides is 2. The van der Waals surface area contributed by atoms with Crippen molar-refractivity contribution in [2.75, 3.05) is 13.2 Å². The molecule has 22 heavy (non-hydrogen) atoms. The topological polar surface area (TPSA) is 104 Å². The number of rotatable bonds is 3. The first kappa shape index (κ1) is 14.6. The van der Waals surface area contributed by atoms with E-state index in [0.717, 1.165) is 25.0 Å². The standard InChI is InChI=1S/C13H12ClN3O5/c14-7-3-9(12(19)10(4-7)17(21)22)13(20)15-5-11(18)16(6-15)8-1-2-8/h3-4,8,19H,1-2,5-6H2. The van der Waals surface area contributed by atoms with Crippen LogP contribution in [-0.2, 0) is 4.79 Å². The first-order valence-corrected chi connectivity index (χ1v) is 7.02. The van der Waals surface area contributed by atoms with Gasteiger partial charge in [0.1, 0.15) is 6.54 Å². The van der Waals surface area contributed by atoms with Gasteiger partial charge in [-0.25, -0.2) is 0 Å². The molecule has 1 aromatic carbocycles. The molecular weight excluding hydrogens is 314 g/mol. The van der Waals surface area contributed by atoms with Crippen molar-refractivity contribution in [1.82, 2.24) is 9.80 Å². The van der Waals surface area contributed by atoms with E-state index in [4.69, 9.17) is 11.6 Å². The highest BCUT2D eigenvalue weighted by atomic mass is 35.5. The van der Waals surface area contributed by atoms with Gasteiger partial charge in [0.05, 0.1) is 17.2 Å². The van der Waals surface area contributed by atoms with Gasteiger partial charge in [0.25, 0.3) is 5.91 Å². The molecule has 8 nitrogen and oxygen atoms in total. The fourth-order valence-electron chi connectivity index (χ4n) is 2.47. The number of carbonyl (C=O) groups excluding carboxylic acids is 2. The minimum absolute atomic E-state index is 0.0302. The van der Waals surface area contributed by atoms with Gasteiger partial charge in [-0.15, -0.1) is 0 Å². The van der Waals surface area contributed by atoms with Crippen molar-refractivity contribution < 1.29 is 19.6 Å². The third-order valence-corrected chi connectivity index (χ3v) is 3.94. The maximum absolute atomic E-state index is 12.4. The van der Waals surface area contributed by atoms with E-state index >= 15 is 0 Å². The molecule has 2 amide bonds. The van der Waals surface area contributed by atoms with Gasteiger partial charge in [0, 0.05) is 17.1 Å². The summed E-state index contributed by atoms with van der Waals surface area (Å²) in [5.41, 5.74) is -0.912. The van der Waals surface area contributed by atoms with Gasteiger partial charge >= 0.3 is 5.69 Å². The van der Waals surface area contributed by atoms with E-state index in [1.165, 1.54) is 4.90 Å². The first-order valence-electron chi connectivity index (χ1n) is 6.64. The van der Waals surface area contributed by atoms with Crippen LogP contribution in [-0.4, -0.2) is 50.9 Å². The molecule has 1 N–H and O–H groups in total. The fraction of sp³-hybridized carbons (Fsp3) is 0.385. The normalized spacial score (nSPS) is 18.0. The minimum atomic E-state index is -0.816. The zero-order chi connectivity index (χ0) is 16.0. The van der Waals surface area contributed by atoms with E-state index in [1.54, 1.807) is 4.90 Å². The van der Waals surface area contributed by atoms with Gasteiger partial charge in [-0.05, 0) is 18.9 Å². The summed E-state index contributed by atoms with van der Waals surface area (Å²) in [6, 6.07) is 2.31. The van der Waals surface area contributed by atoms with E-state index in [1.807, 2.05) is 0 Å². The molecule has 3 rings (SSSR count). The number of benzene rings is 1. The predicted octanol–water partition coefficient (Wildman–Crippen LogP) is 1.36. The Balaban J connectivity index is 1.89. The molecule has 1 saturated heterocycles. The van der Waals surface area contributed by atoms with Crippen LogP contribution in [0.4, 0.5) is 5.69 Å². The molecule has 1 aromatic rings. The molecule has 0 aromatic heterocycles. The number of halogens is 1. The van der Waals surface area contributed by atoms with Crippen molar-refractivity contribution >= 4 is 29.1 Å². The van der Waals surface area contributed by atoms with Gasteiger partial charge in [-0.2, -0.15) is 0 Å². The Labute approximate surface area is 130 Å². The lowest BCUT2D eigenvalue weighted by Gasteiger charge is -2.18. The summed E-state index contributed by atoms with van der Waals surface area (Å²) in [5.74, 6) is -1.55. The Morgan fingerprint density at radius 1 is 1.41 bits per heavy atom. The van der Waals surface area contributed by atoms with Gasteiger partial charge in [-0.3, -0.25) is 19.7 Å². The number of hydrogen-bond donors (Lipinski definition) is 1. The number of nitro groups is 1. The van der Waals surface area contributed by atoms with E-state index < -0.39 is 22.3 Å². The Hall–Kier alpha value is -2.35. The summed E-state index contributed by atoms with van der Waals surface area (Å²) in [5, 5.41) is 20.8. The lowest BCUT2D eigenvalue weighted by atomic mass is 10.1. The van der Waals surface area contributed by atoms with Crippen LogP contribution in [0, 0.1) is 10.1 Å². The molecule has 116 valence electrons. The summed E-state index contributed by atoms with van der Waals surface area (Å²) >= 11 is 5.77. The summed E-state index contributed by atoms with van der Waals surface area (Å²) in [4.78, 5) is 37.2. The van der Waals surface area contributed by atoms with Crippen molar-refractivity contribution in [3.8, 4) is 5.75 Å². The van der Waals surface area contributed by atoms with Crippen LogP contribution in [0.5, 0.6) is 5.75 Å². The third kappa shape index (κ3) is 2.45. The highest BCUT2D eigenvalue weighted by Gasteiger charge is 2.40. The highest BCUT2D eigenvalue weighted by molar-refractivity contribution is 6.31. The average Bonchev–Trinajstić information content (AvgIpc) is 3.23. The Morgan fingerprint density at radius 3 is 2.68 bits per heavy atom. The molecule has 0 atom stereocenters. The van der Waals surface area contributed by atoms with Crippen LogP contribution in [0.3, 0.4) is 0 Å². The SMILES string of the molecule is O=C(c1cc(Cl)cc([N+](=O)[O-])c1O)N1CC(=O)N(C2CC2)C1. The Morgan fingerprint density at radius 2 is 2.09 bits per heavy atom. The van der Waals surface area contributed by atoms with Crippen molar-refractivity contribution in [2.45, 2.75) is 18.9 Å². The smallest absolute Gasteiger partial charge is 0.313 e. The van der Waals surface area contributed by atoms with Crippen molar-refractivity contribution in [1.29, 1.82) is 0 Å². The number of nitrogens with zero attached hydrogens (tertiary/aromatic N) is 3. The van der Waals surface area contributed by atoms with Crippen LogP contribution in [0.2, 0.25) is 5.02 Å². The molecule has 1 aliphatic carbocycles. The third-order valence-electron chi connectivity index (χ3n) is 3.73. The molecule has 0 bridgehead atoms. The molecule has 2 fully saturated rings. The van der Waals surface area contributed by atoms with Gasteiger partial charge in [0.15, 0.2) is 0 Å². The second-order valence-corrected chi connectivity index (χ2v) is 5.75. The monoisotopic (exact) mass is 325 g/mol. The van der Waals surface area contributed by atoms with Crippen molar-refractivity contribution in [3.05, 3.63) is 32.8 Å². The molecule has 0 unspecified atom stereocenters. The number of carbonyl (C=O) groups is 2. The Kier molecular flexibility index (Phi) is 3.40. The number of phenols is 1. The van der Waals surface area contributed by atoms with E-state index in [-0.39, 0.29) is 35.7 Å². The maximum atomic E-state index is 12.4. The van der Waals surface area contributed by atoms with Gasteiger partial charge in [0.2, 0.25) is 11.7 Å². The zero-order valence-corrected chi connectivity index (χ0v) is 12.1. The van der Waals surface area contributed by atoms with Crippen LogP contribution in [0.15, 0.2) is 12.1 Å². The van der Waals surface area contributed by atoms with E-state index in [9.17, 15) is 24.8 Å². The van der Waals surface area contributed by atoms with Crippen molar-refractivity contribution in [2.24, 2.45) is 0 Å². The fourth-order valence-corrected chi connectivity index (χ4v) is 2.68. The van der Waals surface area contributed by atoms with Crippen LogP contribution < -0.4 is 0 Å². The Bertz CT molecular complexity index is 688. The zero-order valence-electron chi connectivity index (χ0n) is 11.4. The number of nitro benzene ring substituents is 1. The van der Waals surface area contributed by atoms with Crippen molar-refractivity contribution in [3.63, 3.8) is 0 Å². The van der Waals surface area contributed by atoms with Gasteiger partial charge in [-0.1, -0.05) is 11.6 Å². The summed E-state index contributed by atoms with van der Waals surface area (Å²) < 4.78 is 0. The molecule has 0 radical (unpaired) electrons. The molecule has 1 heterocycles. The van der Waals surface area contributed by atoms with Crippen LogP contribution in [0.1, 0.15) is 23.2 Å². The highest BCUT2D eigenvalue weighted by Crippen LogP contribution is 2.35.